The minimum atomic E-state index is -4.16. The van der Waals surface area contributed by atoms with Crippen molar-refractivity contribution in [3.8, 4) is 0 Å². The van der Waals surface area contributed by atoms with Crippen molar-refractivity contribution in [3.05, 3.63) is 94.2 Å². The fourth-order valence-corrected chi connectivity index (χ4v) is 6.44. The van der Waals surface area contributed by atoms with Crippen molar-refractivity contribution in [1.29, 1.82) is 0 Å². The molecule has 40 heavy (non-hydrogen) atoms. The quantitative estimate of drug-likeness (QED) is 0.318. The lowest BCUT2D eigenvalue weighted by atomic mass is 10.1. The van der Waals surface area contributed by atoms with E-state index in [0.717, 1.165) is 40.0 Å². The smallest absolute Gasteiger partial charge is 0.264 e. The van der Waals surface area contributed by atoms with Crippen LogP contribution < -0.4 is 9.62 Å². The molecule has 10 heteroatoms. The maximum absolute atomic E-state index is 14.7. The van der Waals surface area contributed by atoms with E-state index in [1.54, 1.807) is 61.5 Å². The maximum atomic E-state index is 14.7. The van der Waals surface area contributed by atoms with Gasteiger partial charge in [0.05, 0.1) is 10.6 Å². The summed E-state index contributed by atoms with van der Waals surface area (Å²) in [5.41, 5.74) is 1.40. The molecule has 4 rings (SSSR count). The Hall–Kier alpha value is -3.24. The SMILES string of the molecule is Cc1ccc(S(=O)(=O)N(CC(=O)N(Cc2ccccc2F)[C@H](C)C(=O)NC2CCCC2)c2ccc(Br)cc2)cc1. The Bertz CT molecular complexity index is 1440. The average molecular weight is 631 g/mol. The summed E-state index contributed by atoms with van der Waals surface area (Å²) in [6.45, 7) is 2.67. The van der Waals surface area contributed by atoms with Gasteiger partial charge in [0.25, 0.3) is 10.0 Å². The number of hydrogen-bond acceptors (Lipinski definition) is 4. The van der Waals surface area contributed by atoms with Gasteiger partial charge in [0.2, 0.25) is 11.8 Å². The summed E-state index contributed by atoms with van der Waals surface area (Å²) in [6, 6.07) is 18.0. The van der Waals surface area contributed by atoms with Gasteiger partial charge in [-0.15, -0.1) is 0 Å². The molecule has 212 valence electrons. The first-order chi connectivity index (χ1) is 19.1. The molecule has 1 aliphatic rings. The molecular weight excluding hydrogens is 597 g/mol. The zero-order valence-electron chi connectivity index (χ0n) is 22.5. The van der Waals surface area contributed by atoms with Crippen LogP contribution in [0, 0.1) is 12.7 Å². The lowest BCUT2D eigenvalue weighted by Gasteiger charge is -2.32. The lowest BCUT2D eigenvalue weighted by Crippen LogP contribution is -2.52. The van der Waals surface area contributed by atoms with E-state index < -0.39 is 34.3 Å². The molecule has 0 unspecified atom stereocenters. The number of sulfonamides is 1. The Labute approximate surface area is 243 Å². The summed E-state index contributed by atoms with van der Waals surface area (Å²) >= 11 is 3.36. The number of amides is 2. The Balaban J connectivity index is 1.69. The van der Waals surface area contributed by atoms with E-state index in [4.69, 9.17) is 0 Å². The van der Waals surface area contributed by atoms with Crippen LogP contribution >= 0.6 is 15.9 Å². The van der Waals surface area contributed by atoms with Gasteiger partial charge in [0.1, 0.15) is 18.4 Å². The Morgan fingerprint density at radius 1 is 1.00 bits per heavy atom. The molecule has 0 aromatic heterocycles. The lowest BCUT2D eigenvalue weighted by molar-refractivity contribution is -0.139. The molecule has 0 spiro atoms. The normalized spacial score (nSPS) is 14.5. The van der Waals surface area contributed by atoms with Gasteiger partial charge in [-0.3, -0.25) is 13.9 Å². The number of carbonyl (C=O) groups excluding carboxylic acids is 2. The fraction of sp³-hybridized carbons (Fsp3) is 0.333. The molecule has 3 aromatic carbocycles. The molecule has 1 atom stereocenters. The summed E-state index contributed by atoms with van der Waals surface area (Å²) in [6.07, 6.45) is 3.78. The number of aryl methyl sites for hydroxylation is 1. The van der Waals surface area contributed by atoms with Gasteiger partial charge in [-0.25, -0.2) is 12.8 Å². The summed E-state index contributed by atoms with van der Waals surface area (Å²) in [7, 11) is -4.16. The van der Waals surface area contributed by atoms with Gasteiger partial charge in [0, 0.05) is 22.6 Å². The number of halogens is 2. The highest BCUT2D eigenvalue weighted by Crippen LogP contribution is 2.27. The van der Waals surface area contributed by atoms with Crippen molar-refractivity contribution in [2.45, 2.75) is 63.1 Å². The minimum Gasteiger partial charge on any atom is -0.352 e. The average Bonchev–Trinajstić information content (AvgIpc) is 3.44. The first-order valence-corrected chi connectivity index (χ1v) is 15.5. The van der Waals surface area contributed by atoms with Gasteiger partial charge < -0.3 is 10.2 Å². The van der Waals surface area contributed by atoms with E-state index in [0.29, 0.717) is 0 Å². The van der Waals surface area contributed by atoms with Gasteiger partial charge in [-0.05, 0) is 69.2 Å². The van der Waals surface area contributed by atoms with E-state index >= 15 is 0 Å². The van der Waals surface area contributed by atoms with Crippen LogP contribution in [0.15, 0.2) is 82.2 Å². The fourth-order valence-electron chi connectivity index (χ4n) is 4.76. The van der Waals surface area contributed by atoms with Crippen molar-refractivity contribution >= 4 is 43.5 Å². The Morgan fingerprint density at radius 2 is 1.62 bits per heavy atom. The predicted octanol–water partition coefficient (Wildman–Crippen LogP) is 5.57. The molecule has 0 heterocycles. The summed E-state index contributed by atoms with van der Waals surface area (Å²) in [5.74, 6) is -1.50. The predicted molar refractivity (Wildman–Crippen MR) is 157 cm³/mol. The third-order valence-corrected chi connectivity index (χ3v) is 9.49. The van der Waals surface area contributed by atoms with Gasteiger partial charge >= 0.3 is 0 Å². The van der Waals surface area contributed by atoms with E-state index in [1.165, 1.54) is 23.1 Å². The van der Waals surface area contributed by atoms with Gasteiger partial charge in [0.15, 0.2) is 0 Å². The van der Waals surface area contributed by atoms with E-state index in [9.17, 15) is 22.4 Å². The van der Waals surface area contributed by atoms with Crippen molar-refractivity contribution in [1.82, 2.24) is 10.2 Å². The standard InChI is InChI=1S/C30H33BrFN3O4S/c1-21-11-17-27(18-12-21)40(38,39)35(26-15-13-24(31)14-16-26)20-29(36)34(19-23-7-3-6-10-28(23)32)22(2)30(37)33-25-8-4-5-9-25/h3,6-7,10-18,22,25H,4-5,8-9,19-20H2,1-2H3,(H,33,37)/t22-/m1/s1. The topological polar surface area (TPSA) is 86.8 Å². The second-order valence-electron chi connectivity index (χ2n) is 10.1. The molecule has 1 saturated carbocycles. The van der Waals surface area contributed by atoms with Crippen LogP contribution in [0.5, 0.6) is 0 Å². The molecule has 7 nitrogen and oxygen atoms in total. The molecule has 1 aliphatic carbocycles. The second kappa shape index (κ2) is 13.0. The number of nitrogens with one attached hydrogen (secondary N) is 1. The molecule has 0 aliphatic heterocycles. The number of rotatable bonds is 10. The molecule has 0 saturated heterocycles. The summed E-state index contributed by atoms with van der Waals surface area (Å²) in [4.78, 5) is 28.4. The molecule has 1 N–H and O–H groups in total. The number of benzene rings is 3. The van der Waals surface area contributed by atoms with E-state index in [2.05, 4.69) is 21.2 Å². The van der Waals surface area contributed by atoms with Crippen LogP contribution in [0.3, 0.4) is 0 Å². The zero-order chi connectivity index (χ0) is 28.9. The second-order valence-corrected chi connectivity index (χ2v) is 12.9. The molecule has 3 aromatic rings. The van der Waals surface area contributed by atoms with Crippen molar-refractivity contribution in [2.75, 3.05) is 10.8 Å². The zero-order valence-corrected chi connectivity index (χ0v) is 24.9. The van der Waals surface area contributed by atoms with Crippen molar-refractivity contribution in [2.24, 2.45) is 0 Å². The first kappa shape index (κ1) is 29.7. The largest absolute Gasteiger partial charge is 0.352 e. The van der Waals surface area contributed by atoms with Gasteiger partial charge in [-0.2, -0.15) is 0 Å². The monoisotopic (exact) mass is 629 g/mol. The number of carbonyl (C=O) groups is 2. The van der Waals surface area contributed by atoms with Crippen LogP contribution in [0.4, 0.5) is 10.1 Å². The van der Waals surface area contributed by atoms with Crippen LogP contribution in [-0.4, -0.2) is 43.8 Å². The van der Waals surface area contributed by atoms with Gasteiger partial charge in [-0.1, -0.05) is 64.7 Å². The van der Waals surface area contributed by atoms with Crippen molar-refractivity contribution in [3.63, 3.8) is 0 Å². The Kier molecular flexibility index (Phi) is 9.63. The third-order valence-electron chi connectivity index (χ3n) is 7.17. The van der Waals surface area contributed by atoms with Crippen LogP contribution in [0.2, 0.25) is 0 Å². The summed E-state index contributed by atoms with van der Waals surface area (Å²) in [5, 5.41) is 3.00. The third kappa shape index (κ3) is 7.09. The molecule has 1 fully saturated rings. The highest BCUT2D eigenvalue weighted by molar-refractivity contribution is 9.10. The highest BCUT2D eigenvalue weighted by Gasteiger charge is 2.33. The summed E-state index contributed by atoms with van der Waals surface area (Å²) < 4.78 is 44.1. The molecule has 0 radical (unpaired) electrons. The molecule has 0 bridgehead atoms. The van der Waals surface area contributed by atoms with E-state index in [1.807, 2.05) is 6.92 Å². The molecule has 2 amide bonds. The number of hydrogen-bond donors (Lipinski definition) is 1. The van der Waals surface area contributed by atoms with Crippen LogP contribution in [0.25, 0.3) is 0 Å². The minimum absolute atomic E-state index is 0.0292. The highest BCUT2D eigenvalue weighted by atomic mass is 79.9. The Morgan fingerprint density at radius 3 is 2.25 bits per heavy atom. The van der Waals surface area contributed by atoms with E-state index in [-0.39, 0.29) is 34.6 Å². The first-order valence-electron chi connectivity index (χ1n) is 13.2. The van der Waals surface area contributed by atoms with Crippen molar-refractivity contribution < 1.29 is 22.4 Å². The number of anilines is 1. The molecular formula is C30H33BrFN3O4S. The van der Waals surface area contributed by atoms with Crippen LogP contribution in [-0.2, 0) is 26.2 Å². The number of nitrogens with zero attached hydrogens (tertiary/aromatic N) is 2. The maximum Gasteiger partial charge on any atom is 0.264 e. The van der Waals surface area contributed by atoms with Crippen LogP contribution in [0.1, 0.15) is 43.7 Å².